The van der Waals surface area contributed by atoms with Crippen molar-refractivity contribution >= 4 is 17.4 Å². The number of rotatable bonds is 7. The number of nitrogens with zero attached hydrogens (tertiary/aromatic N) is 2. The van der Waals surface area contributed by atoms with Crippen LogP contribution in [0.4, 0.5) is 11.5 Å². The summed E-state index contributed by atoms with van der Waals surface area (Å²) in [5, 5.41) is 15.0. The zero-order valence-corrected chi connectivity index (χ0v) is 15.5. The maximum atomic E-state index is 12.5. The number of methoxy groups -OCH3 is 1. The van der Waals surface area contributed by atoms with Gasteiger partial charge in [0.15, 0.2) is 0 Å². The largest absolute Gasteiger partial charge is 0.496 e. The molecule has 3 rings (SSSR count). The summed E-state index contributed by atoms with van der Waals surface area (Å²) in [6.07, 6.45) is 2.25. The fourth-order valence-electron chi connectivity index (χ4n) is 2.78. The number of carbonyl (C=O) groups excluding carboxylic acids is 1. The maximum Gasteiger partial charge on any atom is 0.251 e. The second-order valence-electron chi connectivity index (χ2n) is 6.07. The van der Waals surface area contributed by atoms with E-state index in [0.717, 1.165) is 17.0 Å². The van der Waals surface area contributed by atoms with Gasteiger partial charge in [-0.3, -0.25) is 4.79 Å². The summed E-state index contributed by atoms with van der Waals surface area (Å²) in [7, 11) is 1.63. The molecule has 1 heterocycles. The van der Waals surface area contributed by atoms with Gasteiger partial charge in [-0.15, -0.1) is 0 Å². The number of nitrogens with one attached hydrogen (secondary N) is 2. The van der Waals surface area contributed by atoms with Crippen LogP contribution in [0.1, 0.15) is 21.5 Å². The molecule has 6 nitrogen and oxygen atoms in total. The molecule has 0 fully saturated rings. The Bertz CT molecular complexity index is 1010. The monoisotopic (exact) mass is 372 g/mol. The van der Waals surface area contributed by atoms with Crippen LogP contribution in [0.3, 0.4) is 0 Å². The van der Waals surface area contributed by atoms with Crippen molar-refractivity contribution in [1.29, 1.82) is 5.26 Å². The summed E-state index contributed by atoms with van der Waals surface area (Å²) >= 11 is 0. The molecule has 0 saturated carbocycles. The van der Waals surface area contributed by atoms with Gasteiger partial charge < -0.3 is 15.4 Å². The van der Waals surface area contributed by atoms with Crippen LogP contribution >= 0.6 is 0 Å². The van der Waals surface area contributed by atoms with E-state index in [1.807, 2.05) is 30.3 Å². The molecule has 0 spiro atoms. The van der Waals surface area contributed by atoms with Crippen molar-refractivity contribution in [2.24, 2.45) is 0 Å². The van der Waals surface area contributed by atoms with Gasteiger partial charge in [0.05, 0.1) is 18.7 Å². The molecule has 3 aromatic rings. The van der Waals surface area contributed by atoms with E-state index in [1.54, 1.807) is 43.6 Å². The zero-order valence-electron chi connectivity index (χ0n) is 15.5. The van der Waals surface area contributed by atoms with Crippen LogP contribution in [0.15, 0.2) is 66.9 Å². The molecule has 0 atom stereocenters. The number of aromatic nitrogens is 1. The molecule has 140 valence electrons. The minimum atomic E-state index is -0.175. The number of anilines is 2. The zero-order chi connectivity index (χ0) is 19.8. The maximum absolute atomic E-state index is 12.5. The van der Waals surface area contributed by atoms with Crippen LogP contribution in [-0.4, -0.2) is 24.5 Å². The lowest BCUT2D eigenvalue weighted by Crippen LogP contribution is -2.25. The number of pyridine rings is 1. The Morgan fingerprint density at radius 3 is 2.82 bits per heavy atom. The number of ether oxygens (including phenoxy) is 1. The normalized spacial score (nSPS) is 10.0. The molecule has 2 aromatic carbocycles. The molecule has 28 heavy (non-hydrogen) atoms. The van der Waals surface area contributed by atoms with Gasteiger partial charge in [0.1, 0.15) is 11.6 Å². The number of amides is 1. The molecule has 0 aliphatic heterocycles. The molecular weight excluding hydrogens is 352 g/mol. The van der Waals surface area contributed by atoms with Gasteiger partial charge in [-0.2, -0.15) is 5.26 Å². The van der Waals surface area contributed by atoms with Crippen LogP contribution in [0.25, 0.3) is 0 Å². The standard InChI is InChI=1S/C22H20N4O2/c1-28-20-8-3-2-6-17(20)9-12-25-22(27)18-10-11-24-21(14-18)26-19-7-4-5-16(13-19)15-23/h2-8,10-11,13-14H,9,12H2,1H3,(H,24,26)(H,25,27). The van der Waals surface area contributed by atoms with Crippen molar-refractivity contribution in [2.45, 2.75) is 6.42 Å². The van der Waals surface area contributed by atoms with Gasteiger partial charge in [0, 0.05) is 24.0 Å². The van der Waals surface area contributed by atoms with Crippen molar-refractivity contribution in [3.8, 4) is 11.8 Å². The summed E-state index contributed by atoms with van der Waals surface area (Å²) in [6.45, 7) is 0.495. The second kappa shape index (κ2) is 9.19. The molecule has 0 aliphatic rings. The molecule has 0 aliphatic carbocycles. The van der Waals surface area contributed by atoms with Gasteiger partial charge in [-0.25, -0.2) is 4.98 Å². The third-order valence-electron chi connectivity index (χ3n) is 4.16. The Kier molecular flexibility index (Phi) is 6.21. The Hall–Kier alpha value is -3.85. The molecule has 1 amide bonds. The summed E-state index contributed by atoms with van der Waals surface area (Å²) in [5.74, 6) is 1.17. The summed E-state index contributed by atoms with van der Waals surface area (Å²) < 4.78 is 5.33. The van der Waals surface area contributed by atoms with Crippen LogP contribution in [0.2, 0.25) is 0 Å². The number of para-hydroxylation sites is 1. The first-order valence-corrected chi connectivity index (χ1v) is 8.83. The first kappa shape index (κ1) is 18.9. The molecule has 0 bridgehead atoms. The van der Waals surface area contributed by atoms with Crippen molar-refractivity contribution in [1.82, 2.24) is 10.3 Å². The van der Waals surface area contributed by atoms with Crippen LogP contribution < -0.4 is 15.4 Å². The number of nitriles is 1. The Morgan fingerprint density at radius 2 is 2.00 bits per heavy atom. The number of benzene rings is 2. The van der Waals surface area contributed by atoms with Crippen LogP contribution in [0.5, 0.6) is 5.75 Å². The molecule has 0 radical (unpaired) electrons. The molecule has 6 heteroatoms. The molecule has 1 aromatic heterocycles. The predicted octanol–water partition coefficient (Wildman–Crippen LogP) is 3.68. The highest BCUT2D eigenvalue weighted by Gasteiger charge is 2.08. The number of hydrogen-bond donors (Lipinski definition) is 2. The third-order valence-corrected chi connectivity index (χ3v) is 4.16. The van der Waals surface area contributed by atoms with Gasteiger partial charge in [0.2, 0.25) is 0 Å². The predicted molar refractivity (Wildman–Crippen MR) is 108 cm³/mol. The van der Waals surface area contributed by atoms with E-state index >= 15 is 0 Å². The second-order valence-corrected chi connectivity index (χ2v) is 6.07. The molecule has 0 saturated heterocycles. The van der Waals surface area contributed by atoms with Gasteiger partial charge in [-0.05, 0) is 48.4 Å². The lowest BCUT2D eigenvalue weighted by Gasteiger charge is -2.10. The molecular formula is C22H20N4O2. The molecule has 0 unspecified atom stereocenters. The Labute approximate surface area is 163 Å². The minimum absolute atomic E-state index is 0.175. The van der Waals surface area contributed by atoms with Gasteiger partial charge in [0.25, 0.3) is 5.91 Å². The summed E-state index contributed by atoms with van der Waals surface area (Å²) in [6, 6.07) is 20.3. The van der Waals surface area contributed by atoms with E-state index in [1.165, 1.54) is 0 Å². The van der Waals surface area contributed by atoms with Crippen molar-refractivity contribution in [2.75, 3.05) is 19.0 Å². The summed E-state index contributed by atoms with van der Waals surface area (Å²) in [4.78, 5) is 16.7. The Balaban J connectivity index is 1.61. The topological polar surface area (TPSA) is 87.0 Å². The fourth-order valence-corrected chi connectivity index (χ4v) is 2.78. The highest BCUT2D eigenvalue weighted by molar-refractivity contribution is 5.94. The fraction of sp³-hybridized carbons (Fsp3) is 0.136. The van der Waals surface area contributed by atoms with E-state index in [9.17, 15) is 4.79 Å². The first-order valence-electron chi connectivity index (χ1n) is 8.83. The third kappa shape index (κ3) is 4.86. The lowest BCUT2D eigenvalue weighted by atomic mass is 10.1. The highest BCUT2D eigenvalue weighted by Crippen LogP contribution is 2.18. The highest BCUT2D eigenvalue weighted by atomic mass is 16.5. The average molecular weight is 372 g/mol. The quantitative estimate of drug-likeness (QED) is 0.661. The Morgan fingerprint density at radius 1 is 1.14 bits per heavy atom. The van der Waals surface area contributed by atoms with Crippen molar-refractivity contribution in [3.63, 3.8) is 0 Å². The van der Waals surface area contributed by atoms with Crippen molar-refractivity contribution < 1.29 is 9.53 Å². The van der Waals surface area contributed by atoms with E-state index in [2.05, 4.69) is 21.7 Å². The van der Waals surface area contributed by atoms with E-state index in [0.29, 0.717) is 29.9 Å². The summed E-state index contributed by atoms with van der Waals surface area (Å²) in [5.41, 5.74) is 2.84. The minimum Gasteiger partial charge on any atom is -0.496 e. The van der Waals surface area contributed by atoms with Crippen molar-refractivity contribution in [3.05, 3.63) is 83.6 Å². The lowest BCUT2D eigenvalue weighted by molar-refractivity contribution is 0.0954. The molecule has 2 N–H and O–H groups in total. The van der Waals surface area contributed by atoms with E-state index in [4.69, 9.17) is 10.00 Å². The van der Waals surface area contributed by atoms with Crippen LogP contribution in [-0.2, 0) is 6.42 Å². The SMILES string of the molecule is COc1ccccc1CCNC(=O)c1ccnc(Nc2cccc(C#N)c2)c1. The van der Waals surface area contributed by atoms with E-state index < -0.39 is 0 Å². The first-order chi connectivity index (χ1) is 13.7. The van der Waals surface area contributed by atoms with Gasteiger partial charge >= 0.3 is 0 Å². The number of carbonyl (C=O) groups is 1. The average Bonchev–Trinajstić information content (AvgIpc) is 2.74. The van der Waals surface area contributed by atoms with Crippen LogP contribution in [0, 0.1) is 11.3 Å². The number of hydrogen-bond acceptors (Lipinski definition) is 5. The smallest absolute Gasteiger partial charge is 0.251 e. The van der Waals surface area contributed by atoms with Gasteiger partial charge in [-0.1, -0.05) is 24.3 Å². The van der Waals surface area contributed by atoms with E-state index in [-0.39, 0.29) is 5.91 Å².